The summed E-state index contributed by atoms with van der Waals surface area (Å²) in [4.78, 5) is 32.1. The SMILES string of the molecule is Cc1ccc(CN2CC[C@H]3[C@H]2C(=O)NC[C@H](CCC(=O)N2CCC(O)CC2)N3C)cc1. The summed E-state index contributed by atoms with van der Waals surface area (Å²) < 4.78 is 0. The molecule has 7 nitrogen and oxygen atoms in total. The molecule has 1 aromatic rings. The van der Waals surface area contributed by atoms with Gasteiger partial charge in [0.25, 0.3) is 0 Å². The van der Waals surface area contributed by atoms with Crippen LogP contribution in [0.2, 0.25) is 0 Å². The largest absolute Gasteiger partial charge is 0.393 e. The van der Waals surface area contributed by atoms with Crippen LogP contribution in [-0.2, 0) is 16.1 Å². The second kappa shape index (κ2) is 9.67. The van der Waals surface area contributed by atoms with Gasteiger partial charge in [0.1, 0.15) is 6.04 Å². The van der Waals surface area contributed by atoms with Crippen LogP contribution in [0.5, 0.6) is 0 Å². The molecule has 31 heavy (non-hydrogen) atoms. The van der Waals surface area contributed by atoms with Crippen molar-refractivity contribution < 1.29 is 14.7 Å². The van der Waals surface area contributed by atoms with E-state index in [1.807, 2.05) is 4.90 Å². The summed E-state index contributed by atoms with van der Waals surface area (Å²) in [5, 5.41) is 12.8. The highest BCUT2D eigenvalue weighted by molar-refractivity contribution is 5.83. The minimum absolute atomic E-state index is 0.111. The van der Waals surface area contributed by atoms with Crippen molar-refractivity contribution >= 4 is 11.8 Å². The molecule has 0 saturated carbocycles. The lowest BCUT2D eigenvalue weighted by Crippen LogP contribution is -2.49. The van der Waals surface area contributed by atoms with E-state index < -0.39 is 0 Å². The summed E-state index contributed by atoms with van der Waals surface area (Å²) in [6.07, 6.45) is 3.28. The number of aliphatic hydroxyl groups excluding tert-OH is 1. The Kier molecular flexibility index (Phi) is 6.94. The van der Waals surface area contributed by atoms with Gasteiger partial charge in [-0.25, -0.2) is 0 Å². The lowest BCUT2D eigenvalue weighted by Gasteiger charge is -2.34. The summed E-state index contributed by atoms with van der Waals surface area (Å²) >= 11 is 0. The molecule has 3 aliphatic heterocycles. The number of carbonyl (C=O) groups is 2. The van der Waals surface area contributed by atoms with E-state index in [1.165, 1.54) is 11.1 Å². The van der Waals surface area contributed by atoms with Gasteiger partial charge in [-0.2, -0.15) is 0 Å². The van der Waals surface area contributed by atoms with Gasteiger partial charge in [-0.15, -0.1) is 0 Å². The number of aryl methyl sites for hydroxylation is 1. The fourth-order valence-corrected chi connectivity index (χ4v) is 5.32. The third-order valence-corrected chi connectivity index (χ3v) is 7.36. The predicted molar refractivity (Wildman–Crippen MR) is 119 cm³/mol. The molecule has 2 N–H and O–H groups in total. The molecule has 170 valence electrons. The Labute approximate surface area is 185 Å². The number of hydrogen-bond acceptors (Lipinski definition) is 5. The Balaban J connectivity index is 1.35. The number of benzene rings is 1. The van der Waals surface area contributed by atoms with E-state index in [-0.39, 0.29) is 36.0 Å². The van der Waals surface area contributed by atoms with Gasteiger partial charge < -0.3 is 15.3 Å². The number of likely N-dealkylation sites (N-methyl/N-ethyl adjacent to an activating group) is 1. The van der Waals surface area contributed by atoms with Crippen molar-refractivity contribution in [3.63, 3.8) is 0 Å². The molecule has 0 unspecified atom stereocenters. The molecule has 7 heteroatoms. The molecule has 0 radical (unpaired) electrons. The second-order valence-electron chi connectivity index (χ2n) is 9.47. The molecular formula is C24H36N4O3. The highest BCUT2D eigenvalue weighted by atomic mass is 16.3. The fourth-order valence-electron chi connectivity index (χ4n) is 5.32. The first kappa shape index (κ1) is 22.2. The number of hydrogen-bond donors (Lipinski definition) is 2. The van der Waals surface area contributed by atoms with Gasteiger partial charge in [0, 0.05) is 51.2 Å². The van der Waals surface area contributed by atoms with Crippen molar-refractivity contribution in [3.05, 3.63) is 35.4 Å². The van der Waals surface area contributed by atoms with E-state index in [0.29, 0.717) is 38.9 Å². The van der Waals surface area contributed by atoms with Gasteiger partial charge in [0.2, 0.25) is 11.8 Å². The monoisotopic (exact) mass is 428 g/mol. The Bertz CT molecular complexity index is 776. The zero-order valence-electron chi connectivity index (χ0n) is 18.8. The van der Waals surface area contributed by atoms with E-state index in [2.05, 4.69) is 53.4 Å². The lowest BCUT2D eigenvalue weighted by atomic mass is 10.0. The summed E-state index contributed by atoms with van der Waals surface area (Å²) in [6, 6.07) is 8.74. The number of nitrogens with one attached hydrogen (secondary N) is 1. The van der Waals surface area contributed by atoms with Crippen LogP contribution in [0.4, 0.5) is 0 Å². The first-order valence-corrected chi connectivity index (χ1v) is 11.7. The molecule has 0 aliphatic carbocycles. The average molecular weight is 429 g/mol. The molecule has 1 aromatic carbocycles. The van der Waals surface area contributed by atoms with Gasteiger partial charge in [-0.05, 0) is 45.2 Å². The average Bonchev–Trinajstić information content (AvgIpc) is 3.13. The highest BCUT2D eigenvalue weighted by Gasteiger charge is 2.45. The number of carbonyl (C=O) groups excluding carboxylic acids is 2. The van der Waals surface area contributed by atoms with Crippen LogP contribution < -0.4 is 5.32 Å². The van der Waals surface area contributed by atoms with E-state index in [0.717, 1.165) is 25.9 Å². The molecule has 0 aromatic heterocycles. The second-order valence-corrected chi connectivity index (χ2v) is 9.47. The number of likely N-dealkylation sites (tertiary alicyclic amines) is 2. The Morgan fingerprint density at radius 1 is 1.13 bits per heavy atom. The molecular weight excluding hydrogens is 392 g/mol. The maximum absolute atomic E-state index is 13.0. The summed E-state index contributed by atoms with van der Waals surface area (Å²) in [5.74, 6) is 0.278. The molecule has 0 spiro atoms. The first-order chi connectivity index (χ1) is 14.9. The minimum atomic E-state index is -0.269. The van der Waals surface area contributed by atoms with Crippen LogP contribution in [0, 0.1) is 6.92 Å². The number of piperidine rings is 1. The Morgan fingerprint density at radius 2 is 1.84 bits per heavy atom. The molecule has 4 rings (SSSR count). The third-order valence-electron chi connectivity index (χ3n) is 7.36. The van der Waals surface area contributed by atoms with E-state index in [9.17, 15) is 14.7 Å². The minimum Gasteiger partial charge on any atom is -0.393 e. The van der Waals surface area contributed by atoms with E-state index in [1.54, 1.807) is 0 Å². The van der Waals surface area contributed by atoms with Crippen LogP contribution in [-0.4, -0.2) is 89.1 Å². The lowest BCUT2D eigenvalue weighted by molar-refractivity contribution is -0.133. The van der Waals surface area contributed by atoms with Gasteiger partial charge in [0.05, 0.1) is 6.10 Å². The van der Waals surface area contributed by atoms with Crippen molar-refractivity contribution in [2.24, 2.45) is 0 Å². The predicted octanol–water partition coefficient (Wildman–Crippen LogP) is 1.13. The quantitative estimate of drug-likeness (QED) is 0.735. The summed E-state index contributed by atoms with van der Waals surface area (Å²) in [6.45, 7) is 5.66. The molecule has 3 fully saturated rings. The van der Waals surface area contributed by atoms with Crippen molar-refractivity contribution in [3.8, 4) is 0 Å². The van der Waals surface area contributed by atoms with Crippen molar-refractivity contribution in [1.82, 2.24) is 20.0 Å². The topological polar surface area (TPSA) is 76.1 Å². The zero-order chi connectivity index (χ0) is 22.0. The molecule has 3 saturated heterocycles. The van der Waals surface area contributed by atoms with E-state index >= 15 is 0 Å². The zero-order valence-corrected chi connectivity index (χ0v) is 18.8. The third kappa shape index (κ3) is 5.10. The standard InChI is InChI=1S/C24H36N4O3/c1-17-3-5-18(6-4-17)16-28-14-11-21-23(28)24(31)25-15-19(26(21)2)7-8-22(30)27-12-9-20(29)10-13-27/h3-6,19-21,23,29H,7-16H2,1-2H3,(H,25,31)/t19-,21-,23-/m0/s1. The van der Waals surface area contributed by atoms with Crippen LogP contribution in [0.15, 0.2) is 24.3 Å². The normalized spacial score (nSPS) is 28.3. The fraction of sp³-hybridized carbons (Fsp3) is 0.667. The summed E-state index contributed by atoms with van der Waals surface area (Å²) in [5.41, 5.74) is 2.48. The molecule has 3 aliphatic rings. The van der Waals surface area contributed by atoms with Gasteiger partial charge in [-0.3, -0.25) is 19.4 Å². The number of aliphatic hydroxyl groups is 1. The molecule has 3 heterocycles. The molecule has 0 bridgehead atoms. The van der Waals surface area contributed by atoms with Crippen LogP contribution in [0.25, 0.3) is 0 Å². The van der Waals surface area contributed by atoms with Gasteiger partial charge in [-0.1, -0.05) is 29.8 Å². The smallest absolute Gasteiger partial charge is 0.239 e. The van der Waals surface area contributed by atoms with Crippen molar-refractivity contribution in [1.29, 1.82) is 0 Å². The van der Waals surface area contributed by atoms with Crippen LogP contribution in [0.3, 0.4) is 0 Å². The Morgan fingerprint density at radius 3 is 2.55 bits per heavy atom. The van der Waals surface area contributed by atoms with E-state index in [4.69, 9.17) is 0 Å². The number of amides is 2. The van der Waals surface area contributed by atoms with Gasteiger partial charge in [0.15, 0.2) is 0 Å². The van der Waals surface area contributed by atoms with Crippen LogP contribution in [0.1, 0.15) is 43.2 Å². The molecule has 2 amide bonds. The molecule has 3 atom stereocenters. The van der Waals surface area contributed by atoms with Crippen LogP contribution >= 0.6 is 0 Å². The van der Waals surface area contributed by atoms with Crippen molar-refractivity contribution in [2.75, 3.05) is 33.2 Å². The number of rotatable bonds is 5. The number of fused-ring (bicyclic) bond motifs is 1. The number of nitrogens with zero attached hydrogens (tertiary/aromatic N) is 3. The Hall–Kier alpha value is -1.96. The maximum atomic E-state index is 13.0. The highest BCUT2D eigenvalue weighted by Crippen LogP contribution is 2.29. The first-order valence-electron chi connectivity index (χ1n) is 11.7. The van der Waals surface area contributed by atoms with Gasteiger partial charge >= 0.3 is 0 Å². The maximum Gasteiger partial charge on any atom is 0.239 e. The summed E-state index contributed by atoms with van der Waals surface area (Å²) in [7, 11) is 2.11. The van der Waals surface area contributed by atoms with Crippen molar-refractivity contribution in [2.45, 2.75) is 69.8 Å².